The number of hydrogen-bond donors (Lipinski definition) is 1. The van der Waals surface area contributed by atoms with E-state index in [0.29, 0.717) is 11.3 Å². The van der Waals surface area contributed by atoms with Crippen LogP contribution in [0.15, 0.2) is 23.6 Å². The Morgan fingerprint density at radius 3 is 2.75 bits per heavy atom. The van der Waals surface area contributed by atoms with E-state index >= 15 is 0 Å². The maximum Gasteiger partial charge on any atom is 0.309 e. The van der Waals surface area contributed by atoms with E-state index in [-0.39, 0.29) is 17.0 Å². The maximum absolute atomic E-state index is 13.3. The van der Waals surface area contributed by atoms with Crippen LogP contribution in [0.2, 0.25) is 0 Å². The highest BCUT2D eigenvalue weighted by Crippen LogP contribution is 2.30. The number of thiazole rings is 1. The standard InChI is InChI=1S/C16H14F2N2O3S/c1-8(23-15(22)9-2-3-9)14(21)20-16-19-13(7-24-16)10-4-5-11(17)12(18)6-10/h4-9H,2-3H2,1H3,(H,19,20,21)/t8-/m0/s1. The number of hydrogen-bond acceptors (Lipinski definition) is 5. The molecule has 1 saturated carbocycles. The maximum atomic E-state index is 13.3. The number of carbonyl (C=O) groups is 2. The summed E-state index contributed by atoms with van der Waals surface area (Å²) in [6.45, 7) is 1.49. The molecule has 8 heteroatoms. The van der Waals surface area contributed by atoms with E-state index in [2.05, 4.69) is 10.3 Å². The second kappa shape index (κ2) is 6.64. The predicted octanol–water partition coefficient (Wildman–Crippen LogP) is 3.37. The first-order valence-corrected chi connectivity index (χ1v) is 8.24. The van der Waals surface area contributed by atoms with Crippen LogP contribution >= 0.6 is 11.3 Å². The number of carbonyl (C=O) groups excluding carboxylic acids is 2. The zero-order chi connectivity index (χ0) is 17.3. The van der Waals surface area contributed by atoms with Crippen LogP contribution in [0.25, 0.3) is 11.3 Å². The van der Waals surface area contributed by atoms with Gasteiger partial charge in [0.2, 0.25) is 0 Å². The third-order valence-corrected chi connectivity index (χ3v) is 4.28. The van der Waals surface area contributed by atoms with E-state index in [1.165, 1.54) is 13.0 Å². The predicted molar refractivity (Wildman–Crippen MR) is 84.4 cm³/mol. The number of amides is 1. The number of nitrogens with one attached hydrogen (secondary N) is 1. The number of esters is 1. The minimum atomic E-state index is -0.966. The van der Waals surface area contributed by atoms with Gasteiger partial charge in [-0.2, -0.15) is 0 Å². The summed E-state index contributed by atoms with van der Waals surface area (Å²) in [6, 6.07) is 3.46. The first kappa shape index (κ1) is 16.5. The molecule has 2 aromatic rings. The number of anilines is 1. The number of rotatable bonds is 5. The number of ether oxygens (including phenoxy) is 1. The Morgan fingerprint density at radius 1 is 1.33 bits per heavy atom. The normalized spacial score (nSPS) is 15.0. The minimum Gasteiger partial charge on any atom is -0.452 e. The molecule has 5 nitrogen and oxygen atoms in total. The molecule has 3 rings (SSSR count). The Labute approximate surface area is 140 Å². The van der Waals surface area contributed by atoms with Crippen LogP contribution in [0.3, 0.4) is 0 Å². The van der Waals surface area contributed by atoms with Crippen LogP contribution in [-0.2, 0) is 14.3 Å². The second-order valence-corrected chi connectivity index (χ2v) is 6.37. The van der Waals surface area contributed by atoms with Gasteiger partial charge in [-0.1, -0.05) is 0 Å². The molecule has 1 aromatic carbocycles. The van der Waals surface area contributed by atoms with Crippen molar-refractivity contribution in [3.63, 3.8) is 0 Å². The Morgan fingerprint density at radius 2 is 2.08 bits per heavy atom. The minimum absolute atomic E-state index is 0.0833. The first-order valence-electron chi connectivity index (χ1n) is 7.36. The lowest BCUT2D eigenvalue weighted by Gasteiger charge is -2.11. The summed E-state index contributed by atoms with van der Waals surface area (Å²) in [5.41, 5.74) is 0.815. The lowest BCUT2D eigenvalue weighted by molar-refractivity contribution is -0.154. The Hall–Kier alpha value is -2.35. The molecule has 1 amide bonds. The Kier molecular flexibility index (Phi) is 4.57. The Bertz CT molecular complexity index is 789. The molecular weight excluding hydrogens is 338 g/mol. The largest absolute Gasteiger partial charge is 0.452 e. The molecule has 1 aromatic heterocycles. The van der Waals surface area contributed by atoms with Crippen molar-refractivity contribution >= 4 is 28.3 Å². The lowest BCUT2D eigenvalue weighted by atomic mass is 10.2. The molecule has 126 valence electrons. The molecular formula is C16H14F2N2O3S. The van der Waals surface area contributed by atoms with Gasteiger partial charge in [0.05, 0.1) is 11.6 Å². The van der Waals surface area contributed by atoms with Gasteiger partial charge in [-0.15, -0.1) is 11.3 Å². The number of halogens is 2. The first-order chi connectivity index (χ1) is 11.4. The van der Waals surface area contributed by atoms with Crippen molar-refractivity contribution in [2.24, 2.45) is 5.92 Å². The fraction of sp³-hybridized carbons (Fsp3) is 0.312. The lowest BCUT2D eigenvalue weighted by Crippen LogP contribution is -2.30. The third kappa shape index (κ3) is 3.76. The number of benzene rings is 1. The van der Waals surface area contributed by atoms with Crippen molar-refractivity contribution in [1.82, 2.24) is 4.98 Å². The molecule has 1 aliphatic rings. The Balaban J connectivity index is 1.63. The van der Waals surface area contributed by atoms with E-state index in [4.69, 9.17) is 4.74 Å². The van der Waals surface area contributed by atoms with E-state index < -0.39 is 23.6 Å². The van der Waals surface area contributed by atoms with Crippen LogP contribution in [-0.4, -0.2) is 23.0 Å². The van der Waals surface area contributed by atoms with E-state index in [1.54, 1.807) is 5.38 Å². The average Bonchev–Trinajstić information content (AvgIpc) is 3.30. The molecule has 0 spiro atoms. The van der Waals surface area contributed by atoms with Crippen LogP contribution in [0.4, 0.5) is 13.9 Å². The summed E-state index contributed by atoms with van der Waals surface area (Å²) in [5, 5.41) is 4.45. The molecule has 1 fully saturated rings. The highest BCUT2D eigenvalue weighted by Gasteiger charge is 2.33. The summed E-state index contributed by atoms with van der Waals surface area (Å²) >= 11 is 1.14. The quantitative estimate of drug-likeness (QED) is 0.838. The summed E-state index contributed by atoms with van der Waals surface area (Å²) in [5.74, 6) is -2.84. The molecule has 1 heterocycles. The summed E-state index contributed by atoms with van der Waals surface area (Å²) in [7, 11) is 0. The van der Waals surface area contributed by atoms with Gasteiger partial charge in [-0.25, -0.2) is 13.8 Å². The van der Waals surface area contributed by atoms with Crippen LogP contribution in [0.5, 0.6) is 0 Å². The third-order valence-electron chi connectivity index (χ3n) is 3.52. The van der Waals surface area contributed by atoms with Crippen molar-refractivity contribution in [2.75, 3.05) is 5.32 Å². The summed E-state index contributed by atoms with van der Waals surface area (Å²) in [6.07, 6.45) is 0.683. The van der Waals surface area contributed by atoms with Gasteiger partial charge in [0, 0.05) is 10.9 Å². The molecule has 1 N–H and O–H groups in total. The number of aromatic nitrogens is 1. The van der Waals surface area contributed by atoms with Crippen molar-refractivity contribution < 1.29 is 23.1 Å². The van der Waals surface area contributed by atoms with Crippen LogP contribution in [0.1, 0.15) is 19.8 Å². The van der Waals surface area contributed by atoms with Gasteiger partial charge < -0.3 is 4.74 Å². The fourth-order valence-electron chi connectivity index (χ4n) is 1.97. The van der Waals surface area contributed by atoms with Crippen LogP contribution < -0.4 is 5.32 Å². The fourth-order valence-corrected chi connectivity index (χ4v) is 2.69. The smallest absolute Gasteiger partial charge is 0.309 e. The van der Waals surface area contributed by atoms with Gasteiger partial charge in [-0.3, -0.25) is 14.9 Å². The van der Waals surface area contributed by atoms with Gasteiger partial charge in [0.1, 0.15) is 0 Å². The molecule has 0 unspecified atom stereocenters. The molecule has 24 heavy (non-hydrogen) atoms. The van der Waals surface area contributed by atoms with E-state index in [0.717, 1.165) is 36.3 Å². The number of nitrogens with zero attached hydrogens (tertiary/aromatic N) is 1. The highest BCUT2D eigenvalue weighted by molar-refractivity contribution is 7.14. The van der Waals surface area contributed by atoms with E-state index in [9.17, 15) is 18.4 Å². The summed E-state index contributed by atoms with van der Waals surface area (Å²) < 4.78 is 31.3. The second-order valence-electron chi connectivity index (χ2n) is 5.51. The van der Waals surface area contributed by atoms with Crippen molar-refractivity contribution in [2.45, 2.75) is 25.9 Å². The molecule has 0 aliphatic heterocycles. The zero-order valence-corrected chi connectivity index (χ0v) is 13.5. The average molecular weight is 352 g/mol. The topological polar surface area (TPSA) is 68.3 Å². The molecule has 0 bridgehead atoms. The van der Waals surface area contributed by atoms with E-state index in [1.807, 2.05) is 0 Å². The summed E-state index contributed by atoms with van der Waals surface area (Å²) in [4.78, 5) is 27.7. The zero-order valence-electron chi connectivity index (χ0n) is 12.7. The molecule has 1 aliphatic carbocycles. The van der Waals surface area contributed by atoms with Gasteiger partial charge in [0.25, 0.3) is 5.91 Å². The van der Waals surface area contributed by atoms with Crippen LogP contribution in [0, 0.1) is 17.6 Å². The highest BCUT2D eigenvalue weighted by atomic mass is 32.1. The molecule has 1 atom stereocenters. The molecule has 0 saturated heterocycles. The van der Waals surface area contributed by atoms with Gasteiger partial charge in [0.15, 0.2) is 22.9 Å². The van der Waals surface area contributed by atoms with Gasteiger partial charge in [-0.05, 0) is 38.0 Å². The van der Waals surface area contributed by atoms with Crippen molar-refractivity contribution in [1.29, 1.82) is 0 Å². The SMILES string of the molecule is C[C@H](OC(=O)C1CC1)C(=O)Nc1nc(-c2ccc(F)c(F)c2)cs1. The van der Waals surface area contributed by atoms with Gasteiger partial charge >= 0.3 is 5.97 Å². The van der Waals surface area contributed by atoms with Crippen molar-refractivity contribution in [3.05, 3.63) is 35.2 Å². The van der Waals surface area contributed by atoms with Crippen molar-refractivity contribution in [3.8, 4) is 11.3 Å². The molecule has 0 radical (unpaired) electrons. The monoisotopic (exact) mass is 352 g/mol.